The smallest absolute Gasteiger partial charge is 0.242 e. The molecule has 1 aromatic heterocycles. The maximum absolute atomic E-state index is 13.0. The molecule has 0 unspecified atom stereocenters. The van der Waals surface area contributed by atoms with Crippen LogP contribution >= 0.6 is 0 Å². The number of halogens is 1. The summed E-state index contributed by atoms with van der Waals surface area (Å²) in [5.74, 6) is 0.332. The first kappa shape index (κ1) is 13.4. The highest BCUT2D eigenvalue weighted by molar-refractivity contribution is 5.29. The van der Waals surface area contributed by atoms with Crippen LogP contribution in [-0.4, -0.2) is 21.7 Å². The molecule has 0 atom stereocenters. The summed E-state index contributed by atoms with van der Waals surface area (Å²) < 4.78 is 13.0. The molecular formula is C14H17FN4. The molecular weight excluding hydrogens is 243 g/mol. The Bertz CT molecular complexity index is 584. The SMILES string of the molecule is Cc1cc(F)ccc1CCNc1nnc(C)c(C)n1. The van der Waals surface area contributed by atoms with Gasteiger partial charge in [0.1, 0.15) is 5.82 Å². The summed E-state index contributed by atoms with van der Waals surface area (Å²) in [4.78, 5) is 4.30. The van der Waals surface area contributed by atoms with Gasteiger partial charge in [0.05, 0.1) is 11.4 Å². The second-order valence-electron chi connectivity index (χ2n) is 4.55. The molecule has 100 valence electrons. The Morgan fingerprint density at radius 1 is 1.11 bits per heavy atom. The van der Waals surface area contributed by atoms with Crippen molar-refractivity contribution in [1.82, 2.24) is 15.2 Å². The van der Waals surface area contributed by atoms with Crippen molar-refractivity contribution in [2.75, 3.05) is 11.9 Å². The molecule has 0 fully saturated rings. The molecule has 0 saturated carbocycles. The van der Waals surface area contributed by atoms with Crippen molar-refractivity contribution in [3.63, 3.8) is 0 Å². The Labute approximate surface area is 112 Å². The van der Waals surface area contributed by atoms with Gasteiger partial charge in [-0.2, -0.15) is 5.10 Å². The molecule has 1 aromatic carbocycles. The van der Waals surface area contributed by atoms with Crippen molar-refractivity contribution in [2.45, 2.75) is 27.2 Å². The van der Waals surface area contributed by atoms with Crippen LogP contribution in [0.3, 0.4) is 0 Å². The Morgan fingerprint density at radius 3 is 2.58 bits per heavy atom. The summed E-state index contributed by atoms with van der Waals surface area (Å²) in [5, 5.41) is 11.1. The van der Waals surface area contributed by atoms with Gasteiger partial charge in [-0.3, -0.25) is 0 Å². The average molecular weight is 260 g/mol. The van der Waals surface area contributed by atoms with E-state index in [0.717, 1.165) is 28.9 Å². The van der Waals surface area contributed by atoms with Crippen molar-refractivity contribution in [2.24, 2.45) is 0 Å². The lowest BCUT2D eigenvalue weighted by Gasteiger charge is -2.08. The summed E-state index contributed by atoms with van der Waals surface area (Å²) >= 11 is 0. The summed E-state index contributed by atoms with van der Waals surface area (Å²) in [7, 11) is 0. The van der Waals surface area contributed by atoms with Crippen LogP contribution in [0.5, 0.6) is 0 Å². The van der Waals surface area contributed by atoms with E-state index in [1.807, 2.05) is 26.8 Å². The third-order valence-corrected chi connectivity index (χ3v) is 3.07. The van der Waals surface area contributed by atoms with E-state index in [1.165, 1.54) is 6.07 Å². The molecule has 5 heteroatoms. The van der Waals surface area contributed by atoms with Crippen molar-refractivity contribution in [3.8, 4) is 0 Å². The number of aryl methyl sites for hydroxylation is 3. The van der Waals surface area contributed by atoms with Crippen LogP contribution in [0.2, 0.25) is 0 Å². The van der Waals surface area contributed by atoms with E-state index in [2.05, 4.69) is 20.5 Å². The minimum absolute atomic E-state index is 0.198. The Kier molecular flexibility index (Phi) is 4.04. The summed E-state index contributed by atoms with van der Waals surface area (Å²) in [6.07, 6.45) is 0.794. The fourth-order valence-electron chi connectivity index (χ4n) is 1.78. The van der Waals surface area contributed by atoms with Gasteiger partial charge < -0.3 is 5.32 Å². The molecule has 0 aliphatic carbocycles. The van der Waals surface area contributed by atoms with E-state index in [1.54, 1.807) is 6.07 Å². The summed E-state index contributed by atoms with van der Waals surface area (Å²) in [6.45, 7) is 6.38. The van der Waals surface area contributed by atoms with Crippen LogP contribution in [0.25, 0.3) is 0 Å². The van der Waals surface area contributed by atoms with Gasteiger partial charge in [-0.25, -0.2) is 9.37 Å². The maximum atomic E-state index is 13.0. The summed E-state index contributed by atoms with van der Waals surface area (Å²) in [5.41, 5.74) is 3.78. The van der Waals surface area contributed by atoms with Gasteiger partial charge in [0.15, 0.2) is 0 Å². The minimum atomic E-state index is -0.198. The fourth-order valence-corrected chi connectivity index (χ4v) is 1.78. The number of nitrogens with one attached hydrogen (secondary N) is 1. The number of aromatic nitrogens is 3. The second kappa shape index (κ2) is 5.73. The maximum Gasteiger partial charge on any atom is 0.242 e. The van der Waals surface area contributed by atoms with E-state index in [0.29, 0.717) is 12.5 Å². The van der Waals surface area contributed by atoms with E-state index >= 15 is 0 Å². The van der Waals surface area contributed by atoms with Gasteiger partial charge in [0.25, 0.3) is 0 Å². The predicted octanol–water partition coefficient (Wildman–Crippen LogP) is 2.59. The van der Waals surface area contributed by atoms with E-state index in [9.17, 15) is 4.39 Å². The molecule has 0 spiro atoms. The molecule has 0 bridgehead atoms. The molecule has 4 nitrogen and oxygen atoms in total. The highest BCUT2D eigenvalue weighted by atomic mass is 19.1. The molecule has 0 amide bonds. The van der Waals surface area contributed by atoms with Crippen LogP contribution in [-0.2, 0) is 6.42 Å². The first-order valence-electron chi connectivity index (χ1n) is 6.23. The molecule has 2 rings (SSSR count). The predicted molar refractivity (Wildman–Crippen MR) is 72.6 cm³/mol. The van der Waals surface area contributed by atoms with Gasteiger partial charge in [-0.15, -0.1) is 5.10 Å². The molecule has 19 heavy (non-hydrogen) atoms. The van der Waals surface area contributed by atoms with E-state index in [-0.39, 0.29) is 5.82 Å². The standard InChI is InChI=1S/C14H17FN4/c1-9-8-13(15)5-4-12(9)6-7-16-14-17-10(2)11(3)18-19-14/h4-5,8H,6-7H2,1-3H3,(H,16,17,19). The van der Waals surface area contributed by atoms with Gasteiger partial charge in [-0.05, 0) is 50.5 Å². The highest BCUT2D eigenvalue weighted by Crippen LogP contribution is 2.11. The Hall–Kier alpha value is -2.04. The van der Waals surface area contributed by atoms with Crippen molar-refractivity contribution in [1.29, 1.82) is 0 Å². The van der Waals surface area contributed by atoms with E-state index < -0.39 is 0 Å². The molecule has 0 saturated heterocycles. The monoisotopic (exact) mass is 260 g/mol. The molecule has 0 radical (unpaired) electrons. The van der Waals surface area contributed by atoms with Crippen molar-refractivity contribution >= 4 is 5.95 Å². The quantitative estimate of drug-likeness (QED) is 0.918. The fraction of sp³-hybridized carbons (Fsp3) is 0.357. The lowest BCUT2D eigenvalue weighted by molar-refractivity contribution is 0.625. The molecule has 0 aliphatic heterocycles. The first-order valence-corrected chi connectivity index (χ1v) is 6.23. The first-order chi connectivity index (χ1) is 9.06. The third-order valence-electron chi connectivity index (χ3n) is 3.07. The lowest BCUT2D eigenvalue weighted by atomic mass is 10.1. The number of nitrogens with zero attached hydrogens (tertiary/aromatic N) is 3. The van der Waals surface area contributed by atoms with Crippen LogP contribution in [0.1, 0.15) is 22.5 Å². The Balaban J connectivity index is 1.94. The Morgan fingerprint density at radius 2 is 1.89 bits per heavy atom. The number of hydrogen-bond acceptors (Lipinski definition) is 4. The van der Waals surface area contributed by atoms with Crippen LogP contribution in [0, 0.1) is 26.6 Å². The number of benzene rings is 1. The largest absolute Gasteiger partial charge is 0.353 e. The zero-order valence-corrected chi connectivity index (χ0v) is 11.4. The third kappa shape index (κ3) is 3.47. The highest BCUT2D eigenvalue weighted by Gasteiger charge is 2.03. The summed E-state index contributed by atoms with van der Waals surface area (Å²) in [6, 6.07) is 4.84. The zero-order chi connectivity index (χ0) is 13.8. The van der Waals surface area contributed by atoms with Gasteiger partial charge in [0, 0.05) is 6.54 Å². The van der Waals surface area contributed by atoms with Crippen molar-refractivity contribution in [3.05, 3.63) is 46.5 Å². The number of rotatable bonds is 4. The number of anilines is 1. The number of hydrogen-bond donors (Lipinski definition) is 1. The minimum Gasteiger partial charge on any atom is -0.353 e. The van der Waals surface area contributed by atoms with Crippen LogP contribution in [0.15, 0.2) is 18.2 Å². The molecule has 0 aliphatic rings. The van der Waals surface area contributed by atoms with Crippen LogP contribution in [0.4, 0.5) is 10.3 Å². The topological polar surface area (TPSA) is 50.7 Å². The molecule has 2 aromatic rings. The van der Waals surface area contributed by atoms with Crippen LogP contribution < -0.4 is 5.32 Å². The normalized spacial score (nSPS) is 10.5. The average Bonchev–Trinajstić information content (AvgIpc) is 2.36. The molecule has 1 heterocycles. The van der Waals surface area contributed by atoms with Gasteiger partial charge >= 0.3 is 0 Å². The molecule has 1 N–H and O–H groups in total. The zero-order valence-electron chi connectivity index (χ0n) is 11.4. The van der Waals surface area contributed by atoms with Gasteiger partial charge in [0.2, 0.25) is 5.95 Å². The second-order valence-corrected chi connectivity index (χ2v) is 4.55. The lowest BCUT2D eigenvalue weighted by Crippen LogP contribution is -2.10. The van der Waals surface area contributed by atoms with Crippen molar-refractivity contribution < 1.29 is 4.39 Å². The van der Waals surface area contributed by atoms with E-state index in [4.69, 9.17) is 0 Å². The van der Waals surface area contributed by atoms with Gasteiger partial charge in [-0.1, -0.05) is 6.07 Å².